The maximum Gasteiger partial charge on any atom is 0.167 e. The zero-order valence-electron chi connectivity index (χ0n) is 9.42. The molecule has 1 aromatic rings. The van der Waals surface area contributed by atoms with Gasteiger partial charge in [0.1, 0.15) is 0 Å². The fraction of sp³-hybridized carbons (Fsp3) is 0.462. The first-order valence-corrected chi connectivity index (χ1v) is 6.49. The van der Waals surface area contributed by atoms with Gasteiger partial charge in [-0.3, -0.25) is 4.79 Å². The smallest absolute Gasteiger partial charge is 0.167 e. The first-order chi connectivity index (χ1) is 7.68. The van der Waals surface area contributed by atoms with E-state index in [-0.39, 0.29) is 11.7 Å². The van der Waals surface area contributed by atoms with E-state index in [0.29, 0.717) is 0 Å². The highest BCUT2D eigenvalue weighted by Gasteiger charge is 2.22. The molecule has 1 unspecified atom stereocenters. The van der Waals surface area contributed by atoms with Gasteiger partial charge in [-0.1, -0.05) is 22.0 Å². The lowest BCUT2D eigenvalue weighted by Gasteiger charge is -2.21. The SMILES string of the molecule is Cc1cc(C(=O)C2CCCNC2)ccc1Br. The van der Waals surface area contributed by atoms with E-state index < -0.39 is 0 Å². The minimum atomic E-state index is 0.161. The summed E-state index contributed by atoms with van der Waals surface area (Å²) < 4.78 is 1.06. The van der Waals surface area contributed by atoms with Crippen LogP contribution in [0.4, 0.5) is 0 Å². The van der Waals surface area contributed by atoms with Crippen LogP contribution in [0, 0.1) is 12.8 Å². The van der Waals surface area contributed by atoms with Crippen LogP contribution in [0.2, 0.25) is 0 Å². The number of aryl methyl sites for hydroxylation is 1. The molecule has 0 aliphatic carbocycles. The summed E-state index contributed by atoms with van der Waals surface area (Å²) in [6.07, 6.45) is 2.12. The van der Waals surface area contributed by atoms with Gasteiger partial charge in [0.15, 0.2) is 5.78 Å². The van der Waals surface area contributed by atoms with E-state index in [1.807, 2.05) is 25.1 Å². The van der Waals surface area contributed by atoms with Crippen LogP contribution in [0.15, 0.2) is 22.7 Å². The molecule has 3 heteroatoms. The number of carbonyl (C=O) groups excluding carboxylic acids is 1. The molecule has 2 rings (SSSR count). The maximum atomic E-state index is 12.2. The third-order valence-corrected chi connectivity index (χ3v) is 4.00. The van der Waals surface area contributed by atoms with Crippen molar-refractivity contribution in [3.63, 3.8) is 0 Å². The number of rotatable bonds is 2. The van der Waals surface area contributed by atoms with Crippen LogP contribution in [-0.4, -0.2) is 18.9 Å². The van der Waals surface area contributed by atoms with Crippen molar-refractivity contribution in [2.75, 3.05) is 13.1 Å². The van der Waals surface area contributed by atoms with E-state index in [1.165, 1.54) is 0 Å². The Hall–Kier alpha value is -0.670. The van der Waals surface area contributed by atoms with Crippen molar-refractivity contribution in [2.45, 2.75) is 19.8 Å². The van der Waals surface area contributed by atoms with Crippen molar-refractivity contribution in [1.82, 2.24) is 5.32 Å². The molecule has 0 aromatic heterocycles. The van der Waals surface area contributed by atoms with Crippen molar-refractivity contribution in [2.24, 2.45) is 5.92 Å². The minimum absolute atomic E-state index is 0.161. The zero-order valence-corrected chi connectivity index (χ0v) is 11.0. The zero-order chi connectivity index (χ0) is 11.5. The topological polar surface area (TPSA) is 29.1 Å². The van der Waals surface area contributed by atoms with E-state index >= 15 is 0 Å². The molecule has 0 spiro atoms. The molecule has 1 aromatic carbocycles. The standard InChI is InChI=1S/C13H16BrNO/c1-9-7-10(4-5-12(9)14)13(16)11-3-2-6-15-8-11/h4-5,7,11,15H,2-3,6,8H2,1H3. The summed E-state index contributed by atoms with van der Waals surface area (Å²) in [4.78, 5) is 12.2. The monoisotopic (exact) mass is 281 g/mol. The van der Waals surface area contributed by atoms with Crippen LogP contribution in [0.25, 0.3) is 0 Å². The second-order valence-electron chi connectivity index (χ2n) is 4.37. The highest BCUT2D eigenvalue weighted by molar-refractivity contribution is 9.10. The molecule has 1 aliphatic rings. The average Bonchev–Trinajstić information content (AvgIpc) is 2.33. The summed E-state index contributed by atoms with van der Waals surface area (Å²) in [6, 6.07) is 5.84. The summed E-state index contributed by atoms with van der Waals surface area (Å²) in [7, 11) is 0. The number of carbonyl (C=O) groups is 1. The Morgan fingerprint density at radius 2 is 2.31 bits per heavy atom. The number of nitrogens with one attached hydrogen (secondary N) is 1. The first kappa shape index (κ1) is 11.8. The molecule has 1 aliphatic heterocycles. The molecular formula is C13H16BrNO. The van der Waals surface area contributed by atoms with Crippen LogP contribution < -0.4 is 5.32 Å². The minimum Gasteiger partial charge on any atom is -0.316 e. The maximum absolute atomic E-state index is 12.2. The van der Waals surface area contributed by atoms with Crippen LogP contribution >= 0.6 is 15.9 Å². The third kappa shape index (κ3) is 2.53. The number of hydrogen-bond acceptors (Lipinski definition) is 2. The van der Waals surface area contributed by atoms with Crippen molar-refractivity contribution in [3.05, 3.63) is 33.8 Å². The molecule has 1 saturated heterocycles. The lowest BCUT2D eigenvalue weighted by atomic mass is 9.90. The van der Waals surface area contributed by atoms with Gasteiger partial charge in [0.2, 0.25) is 0 Å². The van der Waals surface area contributed by atoms with Gasteiger partial charge in [0.05, 0.1) is 0 Å². The number of ketones is 1. The summed E-state index contributed by atoms with van der Waals surface area (Å²) >= 11 is 3.45. The summed E-state index contributed by atoms with van der Waals surface area (Å²) in [5, 5.41) is 3.28. The largest absolute Gasteiger partial charge is 0.316 e. The molecule has 1 N–H and O–H groups in total. The lowest BCUT2D eigenvalue weighted by molar-refractivity contribution is 0.0899. The van der Waals surface area contributed by atoms with E-state index in [9.17, 15) is 4.79 Å². The van der Waals surface area contributed by atoms with Gasteiger partial charge in [-0.25, -0.2) is 0 Å². The van der Waals surface area contributed by atoms with Gasteiger partial charge < -0.3 is 5.32 Å². The second-order valence-corrected chi connectivity index (χ2v) is 5.23. The number of halogens is 1. The second kappa shape index (κ2) is 5.11. The van der Waals surface area contributed by atoms with Crippen molar-refractivity contribution in [3.8, 4) is 0 Å². The molecule has 0 bridgehead atoms. The normalized spacial score (nSPS) is 20.8. The Bertz CT molecular complexity index is 397. The predicted octanol–water partition coefficient (Wildman–Crippen LogP) is 2.94. The van der Waals surface area contributed by atoms with Crippen molar-refractivity contribution < 1.29 is 4.79 Å². The van der Waals surface area contributed by atoms with Crippen molar-refractivity contribution in [1.29, 1.82) is 0 Å². The molecule has 16 heavy (non-hydrogen) atoms. The van der Waals surface area contributed by atoms with E-state index in [2.05, 4.69) is 21.2 Å². The van der Waals surface area contributed by atoms with Crippen LogP contribution in [0.3, 0.4) is 0 Å². The summed E-state index contributed by atoms with van der Waals surface area (Å²) in [5.41, 5.74) is 1.96. The Morgan fingerprint density at radius 3 is 2.94 bits per heavy atom. The first-order valence-electron chi connectivity index (χ1n) is 5.69. The lowest BCUT2D eigenvalue weighted by Crippen LogP contribution is -2.34. The Morgan fingerprint density at radius 1 is 1.50 bits per heavy atom. The van der Waals surface area contributed by atoms with Gasteiger partial charge in [-0.15, -0.1) is 0 Å². The van der Waals surface area contributed by atoms with E-state index in [1.54, 1.807) is 0 Å². The molecule has 86 valence electrons. The summed E-state index contributed by atoms with van der Waals surface area (Å²) in [6.45, 7) is 3.89. The third-order valence-electron chi connectivity index (χ3n) is 3.11. The van der Waals surface area contributed by atoms with E-state index in [4.69, 9.17) is 0 Å². The molecule has 1 heterocycles. The quantitative estimate of drug-likeness (QED) is 0.845. The summed E-state index contributed by atoms with van der Waals surface area (Å²) in [5.74, 6) is 0.442. The molecule has 0 amide bonds. The molecule has 1 fully saturated rings. The van der Waals surface area contributed by atoms with Gasteiger partial charge in [-0.2, -0.15) is 0 Å². The number of Topliss-reactive ketones (excluding diaryl/α,β-unsaturated/α-hetero) is 1. The number of piperidine rings is 1. The van der Waals surface area contributed by atoms with E-state index in [0.717, 1.165) is 41.5 Å². The average molecular weight is 282 g/mol. The fourth-order valence-corrected chi connectivity index (χ4v) is 2.36. The highest BCUT2D eigenvalue weighted by Crippen LogP contribution is 2.21. The fourth-order valence-electron chi connectivity index (χ4n) is 2.11. The van der Waals surface area contributed by atoms with Crippen LogP contribution in [0.5, 0.6) is 0 Å². The molecule has 1 atom stereocenters. The van der Waals surface area contributed by atoms with Gasteiger partial charge >= 0.3 is 0 Å². The van der Waals surface area contributed by atoms with Gasteiger partial charge in [0.25, 0.3) is 0 Å². The highest BCUT2D eigenvalue weighted by atomic mass is 79.9. The molecule has 2 nitrogen and oxygen atoms in total. The Kier molecular flexibility index (Phi) is 3.77. The van der Waals surface area contributed by atoms with Crippen molar-refractivity contribution >= 4 is 21.7 Å². The number of hydrogen-bond donors (Lipinski definition) is 1. The van der Waals surface area contributed by atoms with Crippen LogP contribution in [-0.2, 0) is 0 Å². The molecule has 0 radical (unpaired) electrons. The van der Waals surface area contributed by atoms with Gasteiger partial charge in [0, 0.05) is 22.5 Å². The Labute approximate surface area is 105 Å². The van der Waals surface area contributed by atoms with Gasteiger partial charge in [-0.05, 0) is 44.0 Å². The van der Waals surface area contributed by atoms with Crippen LogP contribution in [0.1, 0.15) is 28.8 Å². The molecular weight excluding hydrogens is 266 g/mol. The number of benzene rings is 1. The predicted molar refractivity (Wildman–Crippen MR) is 68.8 cm³/mol. The molecule has 0 saturated carbocycles. The Balaban J connectivity index is 2.16.